The molecule has 0 aliphatic carbocycles. The van der Waals surface area contributed by atoms with Gasteiger partial charge in [-0.15, -0.1) is 5.10 Å². The van der Waals surface area contributed by atoms with Crippen LogP contribution in [0.2, 0.25) is 0 Å². The summed E-state index contributed by atoms with van der Waals surface area (Å²) >= 11 is 5.05. The van der Waals surface area contributed by atoms with Crippen molar-refractivity contribution in [1.82, 2.24) is 20.2 Å². The zero-order valence-corrected chi connectivity index (χ0v) is 12.4. The molecule has 3 aromatic rings. The molecule has 0 saturated carbocycles. The summed E-state index contributed by atoms with van der Waals surface area (Å²) < 4.78 is 2.62. The van der Waals surface area contributed by atoms with E-state index in [9.17, 15) is 0 Å². The van der Waals surface area contributed by atoms with Gasteiger partial charge in [-0.25, -0.2) is 0 Å². The van der Waals surface area contributed by atoms with E-state index >= 15 is 0 Å². The molecule has 2 aromatic heterocycles. The third-order valence-electron chi connectivity index (χ3n) is 2.87. The number of hydrogen-bond donors (Lipinski definition) is 1. The molecule has 3 rings (SSSR count). The number of benzene rings is 1. The number of anilines is 1. The van der Waals surface area contributed by atoms with Crippen molar-refractivity contribution < 1.29 is 0 Å². The lowest BCUT2D eigenvalue weighted by molar-refractivity contribution is 0.793. The summed E-state index contributed by atoms with van der Waals surface area (Å²) in [6, 6.07) is 5.82. The Morgan fingerprint density at radius 3 is 2.95 bits per heavy atom. The van der Waals surface area contributed by atoms with E-state index in [0.29, 0.717) is 11.5 Å². The van der Waals surface area contributed by atoms with Gasteiger partial charge in [0.25, 0.3) is 0 Å². The summed E-state index contributed by atoms with van der Waals surface area (Å²) in [6.07, 6.45) is 0. The van der Waals surface area contributed by atoms with Crippen LogP contribution in [-0.4, -0.2) is 20.2 Å². The normalized spacial score (nSPS) is 10.8. The van der Waals surface area contributed by atoms with Crippen molar-refractivity contribution in [3.05, 3.63) is 39.0 Å². The van der Waals surface area contributed by atoms with Gasteiger partial charge in [0.05, 0.1) is 5.69 Å². The molecule has 0 bridgehead atoms. The molecule has 0 amide bonds. The molecule has 0 radical (unpaired) electrons. The van der Waals surface area contributed by atoms with Crippen molar-refractivity contribution >= 4 is 33.0 Å². The first-order chi connectivity index (χ1) is 9.16. The Balaban J connectivity index is 2.22. The van der Waals surface area contributed by atoms with Gasteiger partial charge in [-0.1, -0.05) is 15.9 Å². The maximum absolute atomic E-state index is 5.99. The van der Waals surface area contributed by atoms with Crippen LogP contribution < -0.4 is 5.73 Å². The van der Waals surface area contributed by atoms with Gasteiger partial charge in [-0.2, -0.15) is 16.0 Å². The molecule has 0 saturated heterocycles. The molecular weight excluding hydrogens is 326 g/mol. The standard InChI is InChI=1S/C12H10BrN5S/c1-7-10(4-8(13)5-11(7)14)12-15-16-17-18(12)9-2-3-19-6-9/h2-6H,14H2,1H3. The van der Waals surface area contributed by atoms with Gasteiger partial charge in [-0.3, -0.25) is 0 Å². The molecule has 2 heterocycles. The number of nitrogens with two attached hydrogens (primary N) is 1. The molecular formula is C12H10BrN5S. The molecule has 2 N–H and O–H groups in total. The first-order valence-electron chi connectivity index (χ1n) is 5.54. The van der Waals surface area contributed by atoms with Gasteiger partial charge in [0, 0.05) is 21.1 Å². The molecule has 0 aliphatic heterocycles. The number of nitrogen functional groups attached to an aromatic ring is 1. The minimum Gasteiger partial charge on any atom is -0.398 e. The van der Waals surface area contributed by atoms with Crippen LogP contribution in [0.5, 0.6) is 0 Å². The second-order valence-corrected chi connectivity index (χ2v) is 5.76. The number of halogens is 1. The van der Waals surface area contributed by atoms with E-state index in [1.54, 1.807) is 16.0 Å². The largest absolute Gasteiger partial charge is 0.398 e. The maximum atomic E-state index is 5.99. The Morgan fingerprint density at radius 1 is 1.37 bits per heavy atom. The topological polar surface area (TPSA) is 69.6 Å². The molecule has 0 atom stereocenters. The third-order valence-corrected chi connectivity index (χ3v) is 4.00. The van der Waals surface area contributed by atoms with Gasteiger partial charge in [-0.05, 0) is 46.5 Å². The van der Waals surface area contributed by atoms with Gasteiger partial charge in [0.15, 0.2) is 5.82 Å². The highest BCUT2D eigenvalue weighted by molar-refractivity contribution is 9.10. The van der Waals surface area contributed by atoms with Crippen molar-refractivity contribution in [1.29, 1.82) is 0 Å². The van der Waals surface area contributed by atoms with Crippen LogP contribution in [0.3, 0.4) is 0 Å². The first-order valence-corrected chi connectivity index (χ1v) is 7.27. The van der Waals surface area contributed by atoms with Crippen LogP contribution >= 0.6 is 27.3 Å². The van der Waals surface area contributed by atoms with Crippen LogP contribution in [0.1, 0.15) is 5.56 Å². The number of aromatic nitrogens is 4. The third kappa shape index (κ3) is 2.15. The van der Waals surface area contributed by atoms with Crippen molar-refractivity contribution in [2.24, 2.45) is 0 Å². The highest BCUT2D eigenvalue weighted by Gasteiger charge is 2.15. The van der Waals surface area contributed by atoms with Crippen molar-refractivity contribution in [3.63, 3.8) is 0 Å². The Kier molecular flexibility index (Phi) is 3.08. The molecule has 7 heteroatoms. The summed E-state index contributed by atoms with van der Waals surface area (Å²) in [5.41, 5.74) is 9.54. The average molecular weight is 336 g/mol. The second-order valence-electron chi connectivity index (χ2n) is 4.06. The second kappa shape index (κ2) is 4.75. The molecule has 0 spiro atoms. The van der Waals surface area contributed by atoms with Crippen LogP contribution in [0, 0.1) is 6.92 Å². The Bertz CT molecular complexity index is 720. The highest BCUT2D eigenvalue weighted by atomic mass is 79.9. The SMILES string of the molecule is Cc1c(N)cc(Br)cc1-c1nnnn1-c1ccsc1. The molecule has 19 heavy (non-hydrogen) atoms. The number of tetrazole rings is 1. The first kappa shape index (κ1) is 12.3. The molecule has 0 aliphatic rings. The number of thiophene rings is 1. The van der Waals surface area contributed by atoms with Gasteiger partial charge < -0.3 is 5.73 Å². The van der Waals surface area contributed by atoms with E-state index < -0.39 is 0 Å². The van der Waals surface area contributed by atoms with E-state index in [1.807, 2.05) is 35.9 Å². The van der Waals surface area contributed by atoms with E-state index in [0.717, 1.165) is 21.3 Å². The summed E-state index contributed by atoms with van der Waals surface area (Å²) in [6.45, 7) is 1.96. The van der Waals surface area contributed by atoms with Crippen LogP contribution in [-0.2, 0) is 0 Å². The number of nitrogens with zero attached hydrogens (tertiary/aromatic N) is 4. The summed E-state index contributed by atoms with van der Waals surface area (Å²) in [5.74, 6) is 0.684. The van der Waals surface area contributed by atoms with E-state index in [-0.39, 0.29) is 0 Å². The number of hydrogen-bond acceptors (Lipinski definition) is 5. The summed E-state index contributed by atoms with van der Waals surface area (Å²) in [4.78, 5) is 0. The fraction of sp³-hybridized carbons (Fsp3) is 0.0833. The predicted molar refractivity (Wildman–Crippen MR) is 79.3 cm³/mol. The fourth-order valence-corrected chi connectivity index (χ4v) is 2.93. The lowest BCUT2D eigenvalue weighted by Crippen LogP contribution is -2.01. The van der Waals surface area contributed by atoms with Crippen LogP contribution in [0.4, 0.5) is 5.69 Å². The van der Waals surface area contributed by atoms with E-state index in [1.165, 1.54) is 0 Å². The van der Waals surface area contributed by atoms with Crippen molar-refractivity contribution in [2.75, 3.05) is 5.73 Å². The summed E-state index contributed by atoms with van der Waals surface area (Å²) in [5, 5.41) is 15.9. The molecule has 0 unspecified atom stereocenters. The zero-order valence-electron chi connectivity index (χ0n) is 10.0. The van der Waals surface area contributed by atoms with Crippen molar-refractivity contribution in [3.8, 4) is 17.1 Å². The van der Waals surface area contributed by atoms with Gasteiger partial charge >= 0.3 is 0 Å². The zero-order chi connectivity index (χ0) is 13.4. The van der Waals surface area contributed by atoms with E-state index in [2.05, 4.69) is 31.5 Å². The Hall–Kier alpha value is -1.73. The monoisotopic (exact) mass is 335 g/mol. The molecule has 0 fully saturated rings. The van der Waals surface area contributed by atoms with Gasteiger partial charge in [0.2, 0.25) is 0 Å². The predicted octanol–water partition coefficient (Wildman–Crippen LogP) is 3.04. The average Bonchev–Trinajstić information content (AvgIpc) is 3.02. The van der Waals surface area contributed by atoms with Crippen molar-refractivity contribution in [2.45, 2.75) is 6.92 Å². The Labute approximate surface area is 122 Å². The highest BCUT2D eigenvalue weighted by Crippen LogP contribution is 2.30. The molecule has 96 valence electrons. The van der Waals surface area contributed by atoms with Crippen LogP contribution in [0.15, 0.2) is 33.4 Å². The number of rotatable bonds is 2. The van der Waals surface area contributed by atoms with Crippen LogP contribution in [0.25, 0.3) is 17.1 Å². The fourth-order valence-electron chi connectivity index (χ4n) is 1.84. The molecule has 5 nitrogen and oxygen atoms in total. The molecule has 1 aromatic carbocycles. The smallest absolute Gasteiger partial charge is 0.187 e. The Morgan fingerprint density at radius 2 is 2.21 bits per heavy atom. The summed E-state index contributed by atoms with van der Waals surface area (Å²) in [7, 11) is 0. The lowest BCUT2D eigenvalue weighted by atomic mass is 10.1. The quantitative estimate of drug-likeness (QED) is 0.730. The van der Waals surface area contributed by atoms with Gasteiger partial charge in [0.1, 0.15) is 0 Å². The van der Waals surface area contributed by atoms with E-state index in [4.69, 9.17) is 5.73 Å². The maximum Gasteiger partial charge on any atom is 0.187 e. The minimum absolute atomic E-state index is 0.684. The lowest BCUT2D eigenvalue weighted by Gasteiger charge is -2.09. The minimum atomic E-state index is 0.684.